The van der Waals surface area contributed by atoms with Crippen molar-refractivity contribution in [3.05, 3.63) is 23.8 Å². The molecule has 0 aromatic carbocycles. The summed E-state index contributed by atoms with van der Waals surface area (Å²) >= 11 is 0. The molecule has 4 rings (SSSR count). The molecule has 3 saturated carbocycles. The number of hydrogen-bond donors (Lipinski definition) is 1. The Morgan fingerprint density at radius 2 is 1.74 bits per heavy atom. The van der Waals surface area contributed by atoms with E-state index in [9.17, 15) is 14.3 Å². The van der Waals surface area contributed by atoms with Gasteiger partial charge in [-0.15, -0.1) is 0 Å². The molecule has 4 aliphatic rings. The molecule has 0 aromatic heterocycles. The number of ether oxygens (including phenoxy) is 1. The Morgan fingerprint density at radius 3 is 2.39 bits per heavy atom. The highest BCUT2D eigenvalue weighted by atomic mass is 31.2. The molecule has 0 aromatic rings. The number of carbonyl (C=O) groups excluding carboxylic acids is 1. The molecule has 0 amide bonds. The third-order valence-electron chi connectivity index (χ3n) is 12.6. The zero-order valence-corrected chi connectivity index (χ0v) is 31.3. The van der Waals surface area contributed by atoms with Gasteiger partial charge in [0, 0.05) is 6.42 Å². The van der Waals surface area contributed by atoms with E-state index in [0.29, 0.717) is 40.1 Å². The van der Waals surface area contributed by atoms with Gasteiger partial charge in [-0.3, -0.25) is 13.8 Å². The summed E-state index contributed by atoms with van der Waals surface area (Å²) in [4.78, 5) is 22.6. The minimum Gasteiger partial charge on any atom is -0.870 e. The number of hydrogen-bond acceptors (Lipinski definition) is 6. The summed E-state index contributed by atoms with van der Waals surface area (Å²) in [6, 6.07) is 0. The van der Waals surface area contributed by atoms with Gasteiger partial charge in [-0.2, -0.15) is 0 Å². The van der Waals surface area contributed by atoms with Crippen LogP contribution in [0.5, 0.6) is 0 Å². The lowest BCUT2D eigenvalue weighted by Crippen LogP contribution is -2.51. The van der Waals surface area contributed by atoms with Gasteiger partial charge in [-0.05, 0) is 104 Å². The second-order valence-electron chi connectivity index (χ2n) is 16.8. The predicted molar refractivity (Wildman–Crippen MR) is 183 cm³/mol. The van der Waals surface area contributed by atoms with Crippen molar-refractivity contribution in [3.8, 4) is 0 Å². The molecule has 4 aliphatic carbocycles. The highest BCUT2D eigenvalue weighted by Crippen LogP contribution is 2.67. The van der Waals surface area contributed by atoms with Crippen LogP contribution in [-0.2, 0) is 23.1 Å². The Kier molecular flexibility index (Phi) is 13.4. The van der Waals surface area contributed by atoms with E-state index >= 15 is 0 Å². The normalized spacial score (nSPS) is 35.3. The first-order chi connectivity index (χ1) is 21.0. The zero-order chi connectivity index (χ0) is 33.2. The van der Waals surface area contributed by atoms with Crippen LogP contribution in [0.1, 0.15) is 106 Å². The Labute approximate surface area is 280 Å². The number of phosphoric ester groups is 1. The third-order valence-corrected chi connectivity index (χ3v) is 13.6. The van der Waals surface area contributed by atoms with Crippen LogP contribution in [0.2, 0.25) is 0 Å². The maximum atomic E-state index is 12.6. The van der Waals surface area contributed by atoms with Crippen LogP contribution in [0.25, 0.3) is 0 Å². The Hall–Kier alpha value is -1.02. The van der Waals surface area contributed by atoms with E-state index in [1.54, 1.807) is 0 Å². The lowest BCUT2D eigenvalue weighted by molar-refractivity contribution is -0.870. The fraction of sp³-hybridized carbons (Fsp3) is 0.865. The van der Waals surface area contributed by atoms with Gasteiger partial charge in [0.25, 0.3) is 0 Å². The maximum absolute atomic E-state index is 12.6. The van der Waals surface area contributed by atoms with Crippen molar-refractivity contribution in [2.45, 2.75) is 112 Å². The van der Waals surface area contributed by atoms with E-state index in [-0.39, 0.29) is 42.6 Å². The van der Waals surface area contributed by atoms with Gasteiger partial charge >= 0.3 is 13.8 Å². The minimum absolute atomic E-state index is 0. The fourth-order valence-electron chi connectivity index (χ4n) is 9.87. The molecule has 3 fully saturated rings. The average Bonchev–Trinajstić information content (AvgIpc) is 3.29. The summed E-state index contributed by atoms with van der Waals surface area (Å²) in [7, 11) is 1.74. The first-order valence-electron chi connectivity index (χ1n) is 18.0. The lowest BCUT2D eigenvalue weighted by atomic mass is 9.47. The summed E-state index contributed by atoms with van der Waals surface area (Å²) in [6.45, 7) is 15.1. The van der Waals surface area contributed by atoms with Crippen LogP contribution in [0.15, 0.2) is 23.8 Å². The van der Waals surface area contributed by atoms with E-state index in [0.717, 1.165) is 43.4 Å². The van der Waals surface area contributed by atoms with Crippen LogP contribution < -0.4 is 0 Å². The molecule has 4 unspecified atom stereocenters. The monoisotopic (exact) mass is 667 g/mol. The fourth-order valence-corrected chi connectivity index (χ4v) is 10.6. The molecule has 0 heterocycles. The molecular weight excluding hydrogens is 601 g/mol. The second kappa shape index (κ2) is 15.7. The van der Waals surface area contributed by atoms with E-state index in [4.69, 9.17) is 13.8 Å². The molecular formula is C37H66NO7P. The van der Waals surface area contributed by atoms with Gasteiger partial charge in [0.2, 0.25) is 0 Å². The third kappa shape index (κ3) is 9.15. The van der Waals surface area contributed by atoms with Gasteiger partial charge < -0.3 is 19.6 Å². The van der Waals surface area contributed by atoms with Crippen molar-refractivity contribution >= 4 is 13.8 Å². The summed E-state index contributed by atoms with van der Waals surface area (Å²) in [5.41, 5.74) is 2.11. The molecule has 46 heavy (non-hydrogen) atoms. The van der Waals surface area contributed by atoms with Gasteiger partial charge in [0.15, 0.2) is 0 Å². The molecule has 0 spiro atoms. The van der Waals surface area contributed by atoms with E-state index in [1.807, 2.05) is 21.1 Å². The SMILES string of the molecule is CC[C@H](C=C[C@@H](C)[C@H]1CCC2C3CC=C4C[C@@H](OC(=O)CCOP(=O)(O)OCC[N+](C)(C)C)CC[C@]4(C)C3CC[C@@]21C)C(C)C.[OH-]. The Bertz CT molecular complexity index is 1130. The van der Waals surface area contributed by atoms with Crippen LogP contribution in [0, 0.1) is 52.3 Å². The summed E-state index contributed by atoms with van der Waals surface area (Å²) in [5.74, 6) is 4.68. The van der Waals surface area contributed by atoms with E-state index in [1.165, 1.54) is 37.7 Å². The Morgan fingerprint density at radius 1 is 1.04 bits per heavy atom. The molecule has 2 N–H and O–H groups in total. The zero-order valence-electron chi connectivity index (χ0n) is 30.4. The first-order valence-corrected chi connectivity index (χ1v) is 19.5. The predicted octanol–water partition coefficient (Wildman–Crippen LogP) is 8.40. The molecule has 0 bridgehead atoms. The number of nitrogens with zero attached hydrogens (tertiary/aromatic N) is 1. The van der Waals surface area contributed by atoms with E-state index < -0.39 is 7.82 Å². The van der Waals surface area contributed by atoms with Gasteiger partial charge in [0.05, 0.1) is 34.2 Å². The summed E-state index contributed by atoms with van der Waals surface area (Å²) < 4.78 is 28.7. The Balaban J connectivity index is 0.00000576. The van der Waals surface area contributed by atoms with E-state index in [2.05, 4.69) is 59.8 Å². The lowest BCUT2D eigenvalue weighted by Gasteiger charge is -2.58. The molecule has 9 heteroatoms. The number of likely N-dealkylation sites (N-methyl/N-ethyl adjacent to an activating group) is 1. The second-order valence-corrected chi connectivity index (χ2v) is 18.3. The largest absolute Gasteiger partial charge is 0.870 e. The van der Waals surface area contributed by atoms with Crippen molar-refractivity contribution < 1.29 is 38.0 Å². The number of rotatable bonds is 14. The van der Waals surface area contributed by atoms with Crippen LogP contribution >= 0.6 is 7.82 Å². The van der Waals surface area contributed by atoms with Crippen molar-refractivity contribution in [2.24, 2.45) is 52.3 Å². The molecule has 0 aliphatic heterocycles. The smallest absolute Gasteiger partial charge is 0.472 e. The number of carbonyl (C=O) groups is 1. The van der Waals surface area contributed by atoms with Crippen LogP contribution in [0.3, 0.4) is 0 Å². The molecule has 8 nitrogen and oxygen atoms in total. The average molecular weight is 668 g/mol. The molecule has 266 valence electrons. The van der Waals surface area contributed by atoms with Crippen molar-refractivity contribution in [1.82, 2.24) is 0 Å². The molecule has 0 saturated heterocycles. The number of esters is 1. The number of allylic oxidation sites excluding steroid dienone is 3. The highest BCUT2D eigenvalue weighted by Gasteiger charge is 2.59. The van der Waals surface area contributed by atoms with Gasteiger partial charge in [-0.1, -0.05) is 65.3 Å². The standard InChI is InChI=1S/C37H64NO6P.H2O/c1-10-28(26(2)3)12-11-27(4)32-15-16-33-31-14-13-29-25-30(17-20-36(29,5)34(31)18-21-37(32,33)6)44-35(39)19-23-42-45(40,41)43-24-22-38(7,8)9;/h11-13,26-28,30-34H,10,14-25H2,1-9H3;1H2/t27-,28-,30+,31?,32-,33?,34?,36+,37-;/m1./s1. The number of phosphoric acid groups is 1. The maximum Gasteiger partial charge on any atom is 0.472 e. The van der Waals surface area contributed by atoms with Gasteiger partial charge in [0.1, 0.15) is 19.3 Å². The van der Waals surface area contributed by atoms with Gasteiger partial charge in [-0.25, -0.2) is 4.57 Å². The topological polar surface area (TPSA) is 112 Å². The minimum atomic E-state index is -4.19. The molecule has 0 radical (unpaired) electrons. The first kappa shape index (κ1) is 39.4. The number of quaternary nitrogens is 1. The molecule has 10 atom stereocenters. The number of fused-ring (bicyclic) bond motifs is 5. The quantitative estimate of drug-likeness (QED) is 0.0857. The van der Waals surface area contributed by atoms with Crippen molar-refractivity contribution in [1.29, 1.82) is 0 Å². The van der Waals surface area contributed by atoms with Crippen molar-refractivity contribution in [3.63, 3.8) is 0 Å². The van der Waals surface area contributed by atoms with Crippen LogP contribution in [-0.4, -0.2) is 67.8 Å². The van der Waals surface area contributed by atoms with Crippen molar-refractivity contribution in [2.75, 3.05) is 40.9 Å². The highest BCUT2D eigenvalue weighted by molar-refractivity contribution is 7.47. The summed E-state index contributed by atoms with van der Waals surface area (Å²) in [5, 5.41) is 0. The van der Waals surface area contributed by atoms with Crippen LogP contribution in [0.4, 0.5) is 0 Å². The summed E-state index contributed by atoms with van der Waals surface area (Å²) in [6.07, 6.45) is 17.9.